The number of hydrogen-bond acceptors (Lipinski definition) is 8. The zero-order valence-electron chi connectivity index (χ0n) is 25.9. The average Bonchev–Trinajstić information content (AvgIpc) is 3.91. The van der Waals surface area contributed by atoms with Gasteiger partial charge in [0.15, 0.2) is 0 Å². The Labute approximate surface area is 283 Å². The van der Waals surface area contributed by atoms with Crippen LogP contribution in [-0.4, -0.2) is 43.6 Å². The first kappa shape index (κ1) is 31.9. The first-order valence-electron chi connectivity index (χ1n) is 15.9. The summed E-state index contributed by atoms with van der Waals surface area (Å²) >= 11 is 14.6. The highest BCUT2D eigenvalue weighted by Crippen LogP contribution is 2.46. The molecular weight excluding hydrogens is 665 g/mol. The van der Waals surface area contributed by atoms with Crippen LogP contribution in [0.4, 0.5) is 0 Å². The van der Waals surface area contributed by atoms with E-state index in [4.69, 9.17) is 42.2 Å². The lowest BCUT2D eigenvalue weighted by Crippen LogP contribution is -2.33. The zero-order chi connectivity index (χ0) is 32.2. The van der Waals surface area contributed by atoms with E-state index in [1.165, 1.54) is 0 Å². The maximum absolute atomic E-state index is 13.1. The molecular formula is C34H37Cl2N3O5S2. The van der Waals surface area contributed by atoms with E-state index in [9.17, 15) is 9.00 Å². The van der Waals surface area contributed by atoms with E-state index in [1.54, 1.807) is 17.4 Å². The Morgan fingerprint density at radius 2 is 1.91 bits per heavy atom. The molecule has 3 aliphatic carbocycles. The van der Waals surface area contributed by atoms with Gasteiger partial charge in [0.1, 0.15) is 22.7 Å². The van der Waals surface area contributed by atoms with Crippen LogP contribution in [-0.2, 0) is 27.5 Å². The molecule has 0 saturated heterocycles. The van der Waals surface area contributed by atoms with Gasteiger partial charge in [0, 0.05) is 34.3 Å². The van der Waals surface area contributed by atoms with Crippen LogP contribution in [0.25, 0.3) is 21.5 Å². The first-order chi connectivity index (χ1) is 22.1. The number of carbonyl (C=O) groups is 1. The first-order valence-corrected chi connectivity index (χ1v) is 19.2. The summed E-state index contributed by atoms with van der Waals surface area (Å²) in [5.41, 5.74) is 3.45. The van der Waals surface area contributed by atoms with Crippen molar-refractivity contribution in [1.82, 2.24) is 14.9 Å². The molecule has 1 amide bonds. The number of halogens is 2. The van der Waals surface area contributed by atoms with Crippen LogP contribution in [0.2, 0.25) is 10.0 Å². The second-order valence-electron chi connectivity index (χ2n) is 13.0. The number of benzene rings is 2. The fourth-order valence-electron chi connectivity index (χ4n) is 6.22. The third-order valence-corrected chi connectivity index (χ3v) is 12.6. The van der Waals surface area contributed by atoms with Crippen LogP contribution in [0.5, 0.6) is 5.75 Å². The molecule has 3 fully saturated rings. The van der Waals surface area contributed by atoms with Crippen molar-refractivity contribution in [1.29, 1.82) is 0 Å². The number of aromatic nitrogens is 2. The Hall–Kier alpha value is -2.63. The molecule has 0 aliphatic heterocycles. The van der Waals surface area contributed by atoms with E-state index < -0.39 is 15.6 Å². The molecule has 1 N–H and O–H groups in total. The highest BCUT2D eigenvalue weighted by Gasteiger charge is 2.35. The lowest BCUT2D eigenvalue weighted by Gasteiger charge is -2.14. The van der Waals surface area contributed by atoms with Crippen LogP contribution in [0, 0.1) is 5.92 Å². The van der Waals surface area contributed by atoms with Crippen LogP contribution in [0.1, 0.15) is 91.4 Å². The summed E-state index contributed by atoms with van der Waals surface area (Å²) in [5, 5.41) is 6.42. The van der Waals surface area contributed by atoms with Gasteiger partial charge < -0.3 is 14.0 Å². The highest BCUT2D eigenvalue weighted by molar-refractivity contribution is 7.99. The van der Waals surface area contributed by atoms with Gasteiger partial charge in [-0.25, -0.2) is 9.19 Å². The molecule has 46 heavy (non-hydrogen) atoms. The summed E-state index contributed by atoms with van der Waals surface area (Å²) in [5.74, 6) is 5.62. The quantitative estimate of drug-likeness (QED) is 0.148. The minimum absolute atomic E-state index is 0.0414. The van der Waals surface area contributed by atoms with E-state index in [-0.39, 0.29) is 17.5 Å². The summed E-state index contributed by atoms with van der Waals surface area (Å²) in [7, 11) is -2.67. The van der Waals surface area contributed by atoms with E-state index in [0.717, 1.165) is 77.9 Å². The van der Waals surface area contributed by atoms with Crippen molar-refractivity contribution in [2.45, 2.75) is 95.2 Å². The third-order valence-electron chi connectivity index (χ3n) is 8.84. The van der Waals surface area contributed by atoms with Gasteiger partial charge in [-0.3, -0.25) is 9.52 Å². The Kier molecular flexibility index (Phi) is 8.86. The van der Waals surface area contributed by atoms with Gasteiger partial charge in [-0.15, -0.1) is 11.3 Å². The predicted molar refractivity (Wildman–Crippen MR) is 185 cm³/mol. The van der Waals surface area contributed by atoms with E-state index in [2.05, 4.69) is 15.7 Å². The maximum Gasteiger partial charge on any atom is 0.262 e. The number of hydrogen-bond donors (Lipinski definition) is 1. The molecule has 0 spiro atoms. The van der Waals surface area contributed by atoms with Gasteiger partial charge in [-0.05, 0) is 94.8 Å². The number of nitrogens with zero attached hydrogens (tertiary/aromatic N) is 2. The number of carbonyl (C=O) groups excluding carboxylic acids is 1. The number of thiazole rings is 1. The molecule has 3 aliphatic rings. The van der Waals surface area contributed by atoms with Crippen LogP contribution in [0.3, 0.4) is 0 Å². The molecule has 3 saturated carbocycles. The summed E-state index contributed by atoms with van der Waals surface area (Å²) in [6, 6.07) is 8.97. The molecule has 2 unspecified atom stereocenters. The van der Waals surface area contributed by atoms with Crippen molar-refractivity contribution in [3.8, 4) is 17.0 Å². The van der Waals surface area contributed by atoms with E-state index in [1.807, 2.05) is 38.1 Å². The molecule has 2 heterocycles. The van der Waals surface area contributed by atoms with Crippen LogP contribution < -0.4 is 9.46 Å². The summed E-state index contributed by atoms with van der Waals surface area (Å²) in [4.78, 5) is 18.1. The molecule has 8 nitrogen and oxygen atoms in total. The van der Waals surface area contributed by atoms with E-state index >= 15 is 0 Å². The Morgan fingerprint density at radius 3 is 2.61 bits per heavy atom. The molecule has 3 atom stereocenters. The third kappa shape index (κ3) is 6.83. The van der Waals surface area contributed by atoms with Crippen molar-refractivity contribution in [3.63, 3.8) is 0 Å². The second-order valence-corrected chi connectivity index (χ2v) is 17.3. The Balaban J connectivity index is 1.04. The molecule has 12 heteroatoms. The molecule has 2 aromatic carbocycles. The number of amides is 1. The number of ether oxygens (including phenoxy) is 2. The van der Waals surface area contributed by atoms with Gasteiger partial charge in [-0.2, -0.15) is 0 Å². The topological polar surface area (TPSA) is 104 Å². The fraction of sp³-hybridized carbons (Fsp3) is 0.471. The highest BCUT2D eigenvalue weighted by atomic mass is 35.5. The SMILES string of the molecule is C=S(=O)(NC(=O)c1cc(OC(C)C)c2nc(C[C@@H]3CCC(OCc4c(-c5c(Cl)cccc5Cl)noc4C4CC4)C3)sc2c1)C1CC1. The smallest absolute Gasteiger partial charge is 0.262 e. The molecule has 4 aromatic rings. The predicted octanol–water partition coefficient (Wildman–Crippen LogP) is 8.37. The van der Waals surface area contributed by atoms with Crippen molar-refractivity contribution in [3.05, 3.63) is 62.3 Å². The summed E-state index contributed by atoms with van der Waals surface area (Å²) in [6.45, 7) is 4.28. The molecule has 7 rings (SSSR count). The minimum atomic E-state index is -2.67. The average molecular weight is 703 g/mol. The Morgan fingerprint density at radius 1 is 1.15 bits per heavy atom. The van der Waals surface area contributed by atoms with Crippen molar-refractivity contribution < 1.29 is 23.0 Å². The van der Waals surface area contributed by atoms with Gasteiger partial charge in [0.2, 0.25) is 0 Å². The molecule has 0 bridgehead atoms. The van der Waals surface area contributed by atoms with Gasteiger partial charge in [-0.1, -0.05) is 34.4 Å². The van der Waals surface area contributed by atoms with E-state index in [0.29, 0.717) is 51.1 Å². The normalized spacial score (nSPS) is 21.2. The fourth-order valence-corrected chi connectivity index (χ4v) is 9.43. The monoisotopic (exact) mass is 701 g/mol. The molecule has 2 aromatic heterocycles. The van der Waals surface area contributed by atoms with Crippen LogP contribution >= 0.6 is 34.5 Å². The zero-order valence-corrected chi connectivity index (χ0v) is 29.0. The Bertz CT molecular complexity index is 1880. The number of rotatable bonds is 12. The standard InChI is InChI=1S/C34H37Cl2N3O5S2/c1-18(2)43-27-15-21(34(40)39-46(3,41)23-11-12-23)16-28-32(27)37-29(45-28)14-19-7-10-22(13-19)42-17-24-31(38-44-33(24)20-8-9-20)30-25(35)5-4-6-26(30)36/h4-6,15-16,18-20,22-23H,3,7-14,17H2,1-2H3,(H,39,40,41)/t19-,22?,46?/m1/s1. The van der Waals surface area contributed by atoms with Gasteiger partial charge in [0.05, 0.1) is 48.3 Å². The van der Waals surface area contributed by atoms with Crippen molar-refractivity contribution in [2.75, 3.05) is 0 Å². The van der Waals surface area contributed by atoms with Gasteiger partial charge in [0.25, 0.3) is 5.91 Å². The molecule has 0 radical (unpaired) electrons. The lowest BCUT2D eigenvalue weighted by molar-refractivity contribution is 0.0424. The largest absolute Gasteiger partial charge is 0.489 e. The summed E-state index contributed by atoms with van der Waals surface area (Å²) < 4.78 is 34.8. The second kappa shape index (κ2) is 12.8. The number of fused-ring (bicyclic) bond motifs is 1. The van der Waals surface area contributed by atoms with Crippen molar-refractivity contribution >= 4 is 66.2 Å². The maximum atomic E-state index is 13.1. The minimum Gasteiger partial charge on any atom is -0.489 e. The summed E-state index contributed by atoms with van der Waals surface area (Å²) in [6.07, 6.45) is 7.56. The van der Waals surface area contributed by atoms with Gasteiger partial charge >= 0.3 is 0 Å². The van der Waals surface area contributed by atoms with Crippen molar-refractivity contribution in [2.24, 2.45) is 5.92 Å². The van der Waals surface area contributed by atoms with Crippen LogP contribution in [0.15, 0.2) is 34.9 Å². The molecule has 244 valence electrons. The lowest BCUT2D eigenvalue weighted by atomic mass is 10.0. The number of nitrogens with one attached hydrogen (secondary N) is 1.